The molecule has 0 saturated carbocycles. The summed E-state index contributed by atoms with van der Waals surface area (Å²) in [6.45, 7) is 2.02. The van der Waals surface area contributed by atoms with E-state index in [2.05, 4.69) is 20.2 Å². The average Bonchev–Trinajstić information content (AvgIpc) is 2.99. The summed E-state index contributed by atoms with van der Waals surface area (Å²) in [4.78, 5) is 8.89. The van der Waals surface area contributed by atoms with Crippen molar-refractivity contribution in [2.75, 3.05) is 0 Å². The molecule has 0 bridgehead atoms. The number of rotatable bonds is 2. The molecule has 0 aliphatic rings. The molecule has 4 rings (SSSR count). The zero-order valence-corrected chi connectivity index (χ0v) is 12.4. The molecule has 112 valence electrons. The van der Waals surface area contributed by atoms with E-state index in [-0.39, 0.29) is 5.82 Å². The van der Waals surface area contributed by atoms with Gasteiger partial charge >= 0.3 is 0 Å². The molecule has 4 aromatic rings. The van der Waals surface area contributed by atoms with E-state index in [1.54, 1.807) is 24.4 Å². The SMILES string of the molecule is Cc1ccccc1-c1[nH]nc2ncc(-c3ccccc3F)nc12. The maximum absolute atomic E-state index is 14.0. The van der Waals surface area contributed by atoms with Gasteiger partial charge in [0, 0.05) is 11.1 Å². The summed E-state index contributed by atoms with van der Waals surface area (Å²) in [5.74, 6) is -0.318. The molecule has 2 aromatic heterocycles. The van der Waals surface area contributed by atoms with Gasteiger partial charge in [0.1, 0.15) is 11.3 Å². The smallest absolute Gasteiger partial charge is 0.200 e. The second-order valence-corrected chi connectivity index (χ2v) is 5.32. The summed E-state index contributed by atoms with van der Waals surface area (Å²) in [7, 11) is 0. The number of nitrogens with one attached hydrogen (secondary N) is 1. The van der Waals surface area contributed by atoms with Crippen LogP contribution in [0.4, 0.5) is 4.39 Å². The predicted molar refractivity (Wildman–Crippen MR) is 87.3 cm³/mol. The van der Waals surface area contributed by atoms with Crippen LogP contribution in [0, 0.1) is 12.7 Å². The molecule has 0 saturated heterocycles. The minimum absolute atomic E-state index is 0.318. The van der Waals surface area contributed by atoms with Gasteiger partial charge in [0.15, 0.2) is 5.65 Å². The Bertz CT molecular complexity index is 1010. The number of hydrogen-bond donors (Lipinski definition) is 1. The summed E-state index contributed by atoms with van der Waals surface area (Å²) in [5, 5.41) is 7.20. The van der Waals surface area contributed by atoms with Gasteiger partial charge in [-0.05, 0) is 24.6 Å². The molecule has 0 amide bonds. The Labute approximate surface area is 132 Å². The molecule has 1 N–H and O–H groups in total. The van der Waals surface area contributed by atoms with Crippen molar-refractivity contribution < 1.29 is 4.39 Å². The fourth-order valence-electron chi connectivity index (χ4n) is 2.63. The molecule has 0 radical (unpaired) electrons. The van der Waals surface area contributed by atoms with Crippen molar-refractivity contribution in [2.45, 2.75) is 6.92 Å². The Morgan fingerprint density at radius 1 is 0.957 bits per heavy atom. The van der Waals surface area contributed by atoms with Crippen molar-refractivity contribution in [1.82, 2.24) is 20.2 Å². The highest BCUT2D eigenvalue weighted by Crippen LogP contribution is 2.28. The standard InChI is InChI=1S/C18H13FN4/c1-11-6-2-3-7-12(11)16-17-18(23-22-16)20-10-15(21-17)13-8-4-5-9-14(13)19/h2-10H,1H3,(H,20,22,23). The molecule has 0 unspecified atom stereocenters. The van der Waals surface area contributed by atoms with Gasteiger partial charge in [0.25, 0.3) is 0 Å². The van der Waals surface area contributed by atoms with Crippen LogP contribution >= 0.6 is 0 Å². The Kier molecular flexibility index (Phi) is 3.12. The molecule has 0 fully saturated rings. The lowest BCUT2D eigenvalue weighted by atomic mass is 10.1. The van der Waals surface area contributed by atoms with E-state index >= 15 is 0 Å². The van der Waals surface area contributed by atoms with Crippen LogP contribution in [0.3, 0.4) is 0 Å². The fraction of sp³-hybridized carbons (Fsp3) is 0.0556. The zero-order chi connectivity index (χ0) is 15.8. The monoisotopic (exact) mass is 304 g/mol. The molecular weight excluding hydrogens is 291 g/mol. The lowest BCUT2D eigenvalue weighted by molar-refractivity contribution is 0.630. The number of benzene rings is 2. The van der Waals surface area contributed by atoms with Gasteiger partial charge < -0.3 is 0 Å². The minimum Gasteiger partial charge on any atom is -0.273 e. The molecule has 23 heavy (non-hydrogen) atoms. The normalized spacial score (nSPS) is 11.0. The van der Waals surface area contributed by atoms with Crippen molar-refractivity contribution >= 4 is 11.2 Å². The van der Waals surface area contributed by atoms with Crippen molar-refractivity contribution in [3.8, 4) is 22.5 Å². The van der Waals surface area contributed by atoms with Crippen LogP contribution in [0.2, 0.25) is 0 Å². The van der Waals surface area contributed by atoms with Crippen LogP contribution in [0.25, 0.3) is 33.7 Å². The van der Waals surface area contributed by atoms with E-state index in [4.69, 9.17) is 0 Å². The molecule has 0 spiro atoms. The van der Waals surface area contributed by atoms with E-state index in [9.17, 15) is 4.39 Å². The minimum atomic E-state index is -0.318. The maximum atomic E-state index is 14.0. The highest BCUT2D eigenvalue weighted by atomic mass is 19.1. The summed E-state index contributed by atoms with van der Waals surface area (Å²) in [6, 6.07) is 14.5. The highest BCUT2D eigenvalue weighted by molar-refractivity contribution is 5.89. The average molecular weight is 304 g/mol. The molecule has 5 heteroatoms. The van der Waals surface area contributed by atoms with Gasteiger partial charge in [-0.3, -0.25) is 5.10 Å². The summed E-state index contributed by atoms with van der Waals surface area (Å²) < 4.78 is 14.0. The molecule has 2 heterocycles. The molecule has 0 aliphatic heterocycles. The van der Waals surface area contributed by atoms with Crippen LogP contribution in [0.5, 0.6) is 0 Å². The van der Waals surface area contributed by atoms with Crippen LogP contribution in [0.1, 0.15) is 5.56 Å². The van der Waals surface area contributed by atoms with Crippen LogP contribution in [-0.4, -0.2) is 20.2 Å². The van der Waals surface area contributed by atoms with Gasteiger partial charge in [-0.1, -0.05) is 36.4 Å². The van der Waals surface area contributed by atoms with E-state index in [0.717, 1.165) is 16.8 Å². The number of aromatic nitrogens is 4. The number of aromatic amines is 1. The van der Waals surface area contributed by atoms with Crippen molar-refractivity contribution in [1.29, 1.82) is 0 Å². The number of fused-ring (bicyclic) bond motifs is 1. The van der Waals surface area contributed by atoms with E-state index in [0.29, 0.717) is 22.4 Å². The predicted octanol–water partition coefficient (Wildman–Crippen LogP) is 4.13. The summed E-state index contributed by atoms with van der Waals surface area (Å²) in [6.07, 6.45) is 1.54. The highest BCUT2D eigenvalue weighted by Gasteiger charge is 2.14. The molecule has 0 aliphatic carbocycles. The Morgan fingerprint density at radius 3 is 2.48 bits per heavy atom. The Balaban J connectivity index is 1.94. The molecule has 4 nitrogen and oxygen atoms in total. The molecule has 0 atom stereocenters. The Hall–Kier alpha value is -3.08. The maximum Gasteiger partial charge on any atom is 0.200 e. The second-order valence-electron chi connectivity index (χ2n) is 5.32. The topological polar surface area (TPSA) is 54.5 Å². The van der Waals surface area contributed by atoms with E-state index in [1.807, 2.05) is 31.2 Å². The first-order valence-electron chi connectivity index (χ1n) is 7.26. The number of hydrogen-bond acceptors (Lipinski definition) is 3. The van der Waals surface area contributed by atoms with Gasteiger partial charge in [-0.2, -0.15) is 5.10 Å². The first-order valence-corrected chi connectivity index (χ1v) is 7.26. The summed E-state index contributed by atoms with van der Waals surface area (Å²) >= 11 is 0. The molecule has 2 aromatic carbocycles. The number of halogens is 1. The Morgan fingerprint density at radius 2 is 1.70 bits per heavy atom. The van der Waals surface area contributed by atoms with Gasteiger partial charge in [-0.15, -0.1) is 0 Å². The fourth-order valence-corrected chi connectivity index (χ4v) is 2.63. The zero-order valence-electron chi connectivity index (χ0n) is 12.4. The van der Waals surface area contributed by atoms with Crippen LogP contribution in [0.15, 0.2) is 54.7 Å². The van der Waals surface area contributed by atoms with Gasteiger partial charge in [0.2, 0.25) is 0 Å². The third-order valence-electron chi connectivity index (χ3n) is 3.83. The third-order valence-corrected chi connectivity index (χ3v) is 3.83. The first kappa shape index (κ1) is 13.6. The van der Waals surface area contributed by atoms with E-state index < -0.39 is 0 Å². The number of nitrogens with zero attached hydrogens (tertiary/aromatic N) is 3. The first-order chi connectivity index (χ1) is 11.2. The lowest BCUT2D eigenvalue weighted by Gasteiger charge is -2.04. The van der Waals surface area contributed by atoms with Crippen LogP contribution in [-0.2, 0) is 0 Å². The molecular formula is C18H13FN4. The van der Waals surface area contributed by atoms with Crippen molar-refractivity contribution in [3.05, 3.63) is 66.1 Å². The lowest BCUT2D eigenvalue weighted by Crippen LogP contribution is -1.91. The second kappa shape index (κ2) is 5.28. The summed E-state index contributed by atoms with van der Waals surface area (Å²) in [5.41, 5.74) is 4.99. The van der Waals surface area contributed by atoms with Gasteiger partial charge in [0.05, 0.1) is 17.6 Å². The quantitative estimate of drug-likeness (QED) is 0.605. The van der Waals surface area contributed by atoms with Crippen LogP contribution < -0.4 is 0 Å². The third kappa shape index (κ3) is 2.26. The van der Waals surface area contributed by atoms with Gasteiger partial charge in [-0.25, -0.2) is 14.4 Å². The van der Waals surface area contributed by atoms with Crippen molar-refractivity contribution in [2.24, 2.45) is 0 Å². The number of aryl methyl sites for hydroxylation is 1. The van der Waals surface area contributed by atoms with Crippen molar-refractivity contribution in [3.63, 3.8) is 0 Å². The van der Waals surface area contributed by atoms with E-state index in [1.165, 1.54) is 6.07 Å². The largest absolute Gasteiger partial charge is 0.273 e. The number of H-pyrrole nitrogens is 1.